The highest BCUT2D eigenvalue weighted by atomic mass is 16.5. The number of aromatic amines is 1. The third kappa shape index (κ3) is 2.78. The number of nitrogens with one attached hydrogen (secondary N) is 1. The van der Waals surface area contributed by atoms with E-state index in [0.29, 0.717) is 12.6 Å². The van der Waals surface area contributed by atoms with E-state index in [2.05, 4.69) is 25.1 Å². The van der Waals surface area contributed by atoms with Gasteiger partial charge in [0.05, 0.1) is 32.1 Å². The molecule has 0 radical (unpaired) electrons. The molecule has 1 N–H and O–H groups in total. The minimum Gasteiger partial charge on any atom is -0.467 e. The molecule has 1 atom stereocenters. The molecule has 2 aromatic heterocycles. The molecule has 0 aromatic carbocycles. The van der Waals surface area contributed by atoms with Gasteiger partial charge in [-0.15, -0.1) is 0 Å². The summed E-state index contributed by atoms with van der Waals surface area (Å²) in [6.07, 6.45) is 5.36. The first-order valence-corrected chi connectivity index (χ1v) is 6.53. The summed E-state index contributed by atoms with van der Waals surface area (Å²) in [6, 6.07) is 2.56. The minimum absolute atomic E-state index is 0.188. The molecular formula is C13H17N5O2. The smallest absolute Gasteiger partial charge is 0.316 e. The van der Waals surface area contributed by atoms with Gasteiger partial charge in [-0.2, -0.15) is 5.10 Å². The van der Waals surface area contributed by atoms with Gasteiger partial charge in [0.25, 0.3) is 0 Å². The highest BCUT2D eigenvalue weighted by Gasteiger charge is 2.25. The maximum absolute atomic E-state index is 5.57. The number of morpholine rings is 1. The molecule has 3 rings (SSSR count). The molecule has 1 aliphatic heterocycles. The van der Waals surface area contributed by atoms with Crippen LogP contribution in [-0.2, 0) is 11.3 Å². The number of rotatable bonds is 4. The lowest BCUT2D eigenvalue weighted by Crippen LogP contribution is -2.39. The van der Waals surface area contributed by atoms with Crippen LogP contribution in [0.15, 0.2) is 24.7 Å². The Morgan fingerprint density at radius 1 is 1.45 bits per heavy atom. The molecule has 0 aliphatic carbocycles. The van der Waals surface area contributed by atoms with E-state index in [0.717, 1.165) is 31.0 Å². The Morgan fingerprint density at radius 2 is 2.30 bits per heavy atom. The number of methoxy groups -OCH3 is 1. The fourth-order valence-corrected chi connectivity index (χ4v) is 2.33. The number of aromatic nitrogens is 4. The number of hydrogen-bond donors (Lipinski definition) is 1. The van der Waals surface area contributed by atoms with E-state index >= 15 is 0 Å². The summed E-state index contributed by atoms with van der Waals surface area (Å²) in [6.45, 7) is 3.05. The maximum atomic E-state index is 5.57. The lowest BCUT2D eigenvalue weighted by atomic mass is 10.1. The summed E-state index contributed by atoms with van der Waals surface area (Å²) in [4.78, 5) is 10.6. The van der Waals surface area contributed by atoms with Crippen molar-refractivity contribution in [2.75, 3.05) is 26.9 Å². The van der Waals surface area contributed by atoms with E-state index in [1.54, 1.807) is 25.7 Å². The second kappa shape index (κ2) is 5.98. The third-order valence-electron chi connectivity index (χ3n) is 3.37. The largest absolute Gasteiger partial charge is 0.467 e. The number of nitrogens with zero attached hydrogens (tertiary/aromatic N) is 4. The van der Waals surface area contributed by atoms with Gasteiger partial charge in [0, 0.05) is 37.2 Å². The Kier molecular flexibility index (Phi) is 3.89. The van der Waals surface area contributed by atoms with Crippen LogP contribution in [0.3, 0.4) is 0 Å². The van der Waals surface area contributed by atoms with Gasteiger partial charge in [-0.3, -0.25) is 10.00 Å². The second-order valence-electron chi connectivity index (χ2n) is 4.65. The van der Waals surface area contributed by atoms with Crippen molar-refractivity contribution in [3.63, 3.8) is 0 Å². The number of hydrogen-bond acceptors (Lipinski definition) is 6. The zero-order valence-electron chi connectivity index (χ0n) is 11.3. The summed E-state index contributed by atoms with van der Waals surface area (Å²) >= 11 is 0. The fraction of sp³-hybridized carbons (Fsp3) is 0.462. The van der Waals surface area contributed by atoms with E-state index in [1.165, 1.54) is 0 Å². The van der Waals surface area contributed by atoms with Crippen molar-refractivity contribution in [1.29, 1.82) is 0 Å². The van der Waals surface area contributed by atoms with Gasteiger partial charge in [0.1, 0.15) is 0 Å². The molecule has 7 heteroatoms. The molecule has 7 nitrogen and oxygen atoms in total. The Labute approximate surface area is 116 Å². The molecule has 1 saturated heterocycles. The quantitative estimate of drug-likeness (QED) is 0.888. The minimum atomic E-state index is 0.188. The van der Waals surface area contributed by atoms with Crippen molar-refractivity contribution in [2.24, 2.45) is 0 Å². The van der Waals surface area contributed by atoms with Gasteiger partial charge >= 0.3 is 6.01 Å². The zero-order valence-corrected chi connectivity index (χ0v) is 11.3. The van der Waals surface area contributed by atoms with Crippen molar-refractivity contribution >= 4 is 0 Å². The van der Waals surface area contributed by atoms with Crippen molar-refractivity contribution in [1.82, 2.24) is 25.1 Å². The Morgan fingerprint density at radius 3 is 3.00 bits per heavy atom. The van der Waals surface area contributed by atoms with E-state index in [9.17, 15) is 0 Å². The van der Waals surface area contributed by atoms with Gasteiger partial charge in [-0.05, 0) is 6.07 Å². The molecule has 20 heavy (non-hydrogen) atoms. The standard InChI is InChI=1S/C13H17N5O2/c1-19-13-14-6-10(7-15-13)8-18-4-5-20-9-12(18)11-2-3-16-17-11/h2-3,6-7,12H,4-5,8-9H2,1H3,(H,16,17)/t12-/m1/s1. The Balaban J connectivity index is 1.73. The van der Waals surface area contributed by atoms with Gasteiger partial charge in [0.2, 0.25) is 0 Å². The number of H-pyrrole nitrogens is 1. The topological polar surface area (TPSA) is 76.2 Å². The van der Waals surface area contributed by atoms with Gasteiger partial charge in [-0.1, -0.05) is 0 Å². The molecule has 3 heterocycles. The highest BCUT2D eigenvalue weighted by Crippen LogP contribution is 2.24. The van der Waals surface area contributed by atoms with Gasteiger partial charge < -0.3 is 9.47 Å². The summed E-state index contributed by atoms with van der Waals surface area (Å²) in [5.41, 5.74) is 2.12. The van der Waals surface area contributed by atoms with Crippen LogP contribution < -0.4 is 4.74 Å². The van der Waals surface area contributed by atoms with Crippen molar-refractivity contribution in [3.8, 4) is 6.01 Å². The first kappa shape index (κ1) is 13.0. The van der Waals surface area contributed by atoms with Gasteiger partial charge in [0.15, 0.2) is 0 Å². The van der Waals surface area contributed by atoms with Crippen LogP contribution in [0, 0.1) is 0 Å². The summed E-state index contributed by atoms with van der Waals surface area (Å²) in [5, 5.41) is 7.03. The lowest BCUT2D eigenvalue weighted by molar-refractivity contribution is -0.0143. The molecule has 0 spiro atoms. The van der Waals surface area contributed by atoms with E-state index < -0.39 is 0 Å². The summed E-state index contributed by atoms with van der Waals surface area (Å²) in [7, 11) is 1.56. The molecule has 1 fully saturated rings. The fourth-order valence-electron chi connectivity index (χ4n) is 2.33. The monoisotopic (exact) mass is 275 g/mol. The van der Waals surface area contributed by atoms with Crippen molar-refractivity contribution in [3.05, 3.63) is 35.9 Å². The average Bonchev–Trinajstić information content (AvgIpc) is 3.03. The van der Waals surface area contributed by atoms with Crippen LogP contribution in [0.1, 0.15) is 17.3 Å². The van der Waals surface area contributed by atoms with Crippen LogP contribution >= 0.6 is 0 Å². The molecule has 0 bridgehead atoms. The van der Waals surface area contributed by atoms with E-state index in [-0.39, 0.29) is 6.04 Å². The molecule has 106 valence electrons. The van der Waals surface area contributed by atoms with Crippen molar-refractivity contribution < 1.29 is 9.47 Å². The van der Waals surface area contributed by atoms with E-state index in [4.69, 9.17) is 9.47 Å². The third-order valence-corrected chi connectivity index (χ3v) is 3.37. The van der Waals surface area contributed by atoms with Crippen LogP contribution in [0.4, 0.5) is 0 Å². The Hall–Kier alpha value is -1.99. The predicted molar refractivity (Wildman–Crippen MR) is 71.1 cm³/mol. The van der Waals surface area contributed by atoms with Crippen molar-refractivity contribution in [2.45, 2.75) is 12.6 Å². The van der Waals surface area contributed by atoms with Crippen LogP contribution in [0.2, 0.25) is 0 Å². The molecular weight excluding hydrogens is 258 g/mol. The predicted octanol–water partition coefficient (Wildman–Crippen LogP) is 0.782. The second-order valence-corrected chi connectivity index (χ2v) is 4.65. The molecule has 0 amide bonds. The highest BCUT2D eigenvalue weighted by molar-refractivity contribution is 5.11. The SMILES string of the molecule is COc1ncc(CN2CCOC[C@@H]2c2ccn[nH]2)cn1. The average molecular weight is 275 g/mol. The Bertz CT molecular complexity index is 528. The molecule has 0 unspecified atom stereocenters. The zero-order chi connectivity index (χ0) is 13.8. The van der Waals surface area contributed by atoms with Crippen LogP contribution in [0.5, 0.6) is 6.01 Å². The number of ether oxygens (including phenoxy) is 2. The molecule has 2 aromatic rings. The molecule has 0 saturated carbocycles. The first-order valence-electron chi connectivity index (χ1n) is 6.53. The lowest BCUT2D eigenvalue weighted by Gasteiger charge is -2.34. The van der Waals surface area contributed by atoms with E-state index in [1.807, 2.05) is 6.07 Å². The summed E-state index contributed by atoms with van der Waals surface area (Å²) in [5.74, 6) is 0. The maximum Gasteiger partial charge on any atom is 0.316 e. The van der Waals surface area contributed by atoms with Crippen LogP contribution in [-0.4, -0.2) is 51.9 Å². The van der Waals surface area contributed by atoms with Gasteiger partial charge in [-0.25, -0.2) is 9.97 Å². The normalized spacial score (nSPS) is 19.9. The molecule has 1 aliphatic rings. The van der Waals surface area contributed by atoms with Crippen LogP contribution in [0.25, 0.3) is 0 Å². The first-order chi connectivity index (χ1) is 9.86. The summed E-state index contributed by atoms with van der Waals surface area (Å²) < 4.78 is 10.5.